The number of allylic oxidation sites excluding steroid dienone is 2. The molecule has 4 nitrogen and oxygen atoms in total. The lowest BCUT2D eigenvalue weighted by molar-refractivity contribution is -0.123. The highest BCUT2D eigenvalue weighted by Gasteiger charge is 2.34. The molecule has 1 heterocycles. The monoisotopic (exact) mass is 485 g/mol. The fourth-order valence-electron chi connectivity index (χ4n) is 3.06. The smallest absolute Gasteiger partial charge is 0.293 e. The number of carbonyl (C=O) groups excluding carboxylic acids is 2. The van der Waals surface area contributed by atoms with Crippen molar-refractivity contribution in [3.8, 4) is 5.75 Å². The first-order valence-electron chi connectivity index (χ1n) is 9.76. The standard InChI is InChI=1S/C24H24BrNO3S/c1-16(2)20-10-9-17(3)13-21(20)29-12-11-26-23(27)22(30-24(26)28)15-19(25)14-18-7-5-4-6-8-18/h4-10,13-16H,11-12H2,1-3H3/b19-14-,22-15-. The lowest BCUT2D eigenvalue weighted by atomic mass is 10.0. The topological polar surface area (TPSA) is 46.6 Å². The number of carbonyl (C=O) groups is 2. The molecule has 1 aliphatic heterocycles. The van der Waals surface area contributed by atoms with E-state index in [0.717, 1.165) is 38.7 Å². The molecule has 0 aliphatic carbocycles. The summed E-state index contributed by atoms with van der Waals surface area (Å²) in [6.07, 6.45) is 3.60. The first kappa shape index (κ1) is 22.4. The van der Waals surface area contributed by atoms with Gasteiger partial charge < -0.3 is 4.74 Å². The first-order chi connectivity index (χ1) is 14.3. The van der Waals surface area contributed by atoms with Crippen molar-refractivity contribution in [1.82, 2.24) is 4.90 Å². The number of hydrogen-bond acceptors (Lipinski definition) is 4. The molecule has 1 aliphatic rings. The quantitative estimate of drug-likeness (QED) is 0.419. The van der Waals surface area contributed by atoms with Crippen molar-refractivity contribution in [1.29, 1.82) is 0 Å². The number of aryl methyl sites for hydroxylation is 1. The van der Waals surface area contributed by atoms with Gasteiger partial charge in [0.25, 0.3) is 11.1 Å². The van der Waals surface area contributed by atoms with Crippen LogP contribution in [0.4, 0.5) is 4.79 Å². The van der Waals surface area contributed by atoms with Gasteiger partial charge in [-0.25, -0.2) is 0 Å². The predicted octanol–water partition coefficient (Wildman–Crippen LogP) is 6.51. The summed E-state index contributed by atoms with van der Waals surface area (Å²) in [6.45, 7) is 6.71. The van der Waals surface area contributed by atoms with Gasteiger partial charge in [0.15, 0.2) is 0 Å². The number of nitrogens with zero attached hydrogens (tertiary/aromatic N) is 1. The molecule has 0 N–H and O–H groups in total. The summed E-state index contributed by atoms with van der Waals surface area (Å²) in [7, 11) is 0. The second kappa shape index (κ2) is 10.1. The minimum absolute atomic E-state index is 0.216. The average molecular weight is 486 g/mol. The molecule has 6 heteroatoms. The van der Waals surface area contributed by atoms with Crippen molar-refractivity contribution in [2.24, 2.45) is 0 Å². The van der Waals surface area contributed by atoms with Crippen molar-refractivity contribution >= 4 is 44.9 Å². The lowest BCUT2D eigenvalue weighted by Crippen LogP contribution is -2.32. The van der Waals surface area contributed by atoms with Gasteiger partial charge in [-0.05, 0) is 59.5 Å². The maximum Gasteiger partial charge on any atom is 0.293 e. The number of imide groups is 1. The number of ether oxygens (including phenoxy) is 1. The second-order valence-corrected chi connectivity index (χ2v) is 9.23. The predicted molar refractivity (Wildman–Crippen MR) is 127 cm³/mol. The van der Waals surface area contributed by atoms with Crippen LogP contribution < -0.4 is 4.74 Å². The Kier molecular flexibility index (Phi) is 7.56. The summed E-state index contributed by atoms with van der Waals surface area (Å²) in [5, 5.41) is -0.275. The zero-order valence-electron chi connectivity index (χ0n) is 17.2. The van der Waals surface area contributed by atoms with Crippen LogP contribution in [0.5, 0.6) is 5.75 Å². The van der Waals surface area contributed by atoms with Gasteiger partial charge in [-0.1, -0.05) is 72.2 Å². The molecule has 0 atom stereocenters. The second-order valence-electron chi connectivity index (χ2n) is 7.32. The fourth-order valence-corrected chi connectivity index (χ4v) is 4.56. The highest BCUT2D eigenvalue weighted by molar-refractivity contribution is 9.12. The third-order valence-electron chi connectivity index (χ3n) is 4.61. The SMILES string of the molecule is Cc1ccc(C(C)C)c(OCCN2C(=O)S/C(=C\C(Br)=C\c3ccccc3)C2=O)c1. The zero-order valence-corrected chi connectivity index (χ0v) is 19.6. The zero-order chi connectivity index (χ0) is 21.7. The number of hydrogen-bond donors (Lipinski definition) is 0. The summed E-state index contributed by atoms with van der Waals surface area (Å²) in [5.41, 5.74) is 3.23. The Bertz CT molecular complexity index is 999. The van der Waals surface area contributed by atoms with Crippen LogP contribution in [-0.2, 0) is 4.79 Å². The van der Waals surface area contributed by atoms with Gasteiger partial charge in [0.05, 0.1) is 11.4 Å². The molecule has 1 saturated heterocycles. The van der Waals surface area contributed by atoms with Crippen LogP contribution in [0.25, 0.3) is 6.08 Å². The maximum absolute atomic E-state index is 12.7. The first-order valence-corrected chi connectivity index (χ1v) is 11.4. The van der Waals surface area contributed by atoms with Crippen molar-refractivity contribution in [2.75, 3.05) is 13.2 Å². The number of amides is 2. The van der Waals surface area contributed by atoms with Crippen LogP contribution in [0.3, 0.4) is 0 Å². The normalized spacial score (nSPS) is 16.1. The summed E-state index contributed by atoms with van der Waals surface area (Å²) in [5.74, 6) is 0.843. The van der Waals surface area contributed by atoms with Crippen LogP contribution in [0.15, 0.2) is 64.0 Å². The lowest BCUT2D eigenvalue weighted by Gasteiger charge is -2.17. The molecule has 30 heavy (non-hydrogen) atoms. The minimum atomic E-state index is -0.291. The molecule has 0 bridgehead atoms. The third-order valence-corrected chi connectivity index (χ3v) is 5.98. The Hall–Kier alpha value is -2.31. The fraction of sp³-hybridized carbons (Fsp3) is 0.250. The average Bonchev–Trinajstić information content (AvgIpc) is 2.95. The molecule has 0 unspecified atom stereocenters. The molecule has 2 amide bonds. The van der Waals surface area contributed by atoms with E-state index in [2.05, 4.69) is 41.9 Å². The Labute approximate surface area is 190 Å². The molecule has 1 fully saturated rings. The van der Waals surface area contributed by atoms with E-state index in [-0.39, 0.29) is 24.3 Å². The van der Waals surface area contributed by atoms with Gasteiger partial charge in [0.2, 0.25) is 0 Å². The molecule has 0 spiro atoms. The Morgan fingerprint density at radius 2 is 1.90 bits per heavy atom. The number of halogens is 1. The van der Waals surface area contributed by atoms with Gasteiger partial charge in [-0.15, -0.1) is 0 Å². The highest BCUT2D eigenvalue weighted by Crippen LogP contribution is 2.33. The number of rotatable bonds is 7. The van der Waals surface area contributed by atoms with E-state index < -0.39 is 0 Å². The third kappa shape index (κ3) is 5.64. The molecule has 2 aromatic rings. The van der Waals surface area contributed by atoms with Gasteiger partial charge >= 0.3 is 0 Å². The van der Waals surface area contributed by atoms with E-state index in [0.29, 0.717) is 10.8 Å². The van der Waals surface area contributed by atoms with E-state index in [1.54, 1.807) is 6.08 Å². The largest absolute Gasteiger partial charge is 0.491 e. The highest BCUT2D eigenvalue weighted by atomic mass is 79.9. The van der Waals surface area contributed by atoms with E-state index in [1.165, 1.54) is 4.90 Å². The Morgan fingerprint density at radius 3 is 2.60 bits per heavy atom. The Balaban J connectivity index is 1.65. The van der Waals surface area contributed by atoms with Crippen LogP contribution >= 0.6 is 27.7 Å². The van der Waals surface area contributed by atoms with Crippen molar-refractivity contribution in [2.45, 2.75) is 26.7 Å². The summed E-state index contributed by atoms with van der Waals surface area (Å²) in [4.78, 5) is 26.7. The van der Waals surface area contributed by atoms with Crippen molar-refractivity contribution in [3.63, 3.8) is 0 Å². The van der Waals surface area contributed by atoms with Gasteiger partial charge in [0.1, 0.15) is 12.4 Å². The van der Waals surface area contributed by atoms with E-state index in [4.69, 9.17) is 4.74 Å². The van der Waals surface area contributed by atoms with E-state index >= 15 is 0 Å². The summed E-state index contributed by atoms with van der Waals surface area (Å²) in [6, 6.07) is 15.9. The van der Waals surface area contributed by atoms with E-state index in [1.807, 2.05) is 49.4 Å². The number of benzene rings is 2. The van der Waals surface area contributed by atoms with Crippen molar-refractivity contribution in [3.05, 3.63) is 80.7 Å². The van der Waals surface area contributed by atoms with Crippen LogP contribution in [-0.4, -0.2) is 29.2 Å². The molecule has 0 radical (unpaired) electrons. The van der Waals surface area contributed by atoms with Crippen LogP contribution in [0.1, 0.15) is 36.5 Å². The van der Waals surface area contributed by atoms with Crippen molar-refractivity contribution < 1.29 is 14.3 Å². The molecular weight excluding hydrogens is 462 g/mol. The number of thioether (sulfide) groups is 1. The molecule has 2 aromatic carbocycles. The maximum atomic E-state index is 12.7. The van der Waals surface area contributed by atoms with Gasteiger partial charge in [-0.2, -0.15) is 0 Å². The molecule has 156 valence electrons. The van der Waals surface area contributed by atoms with Crippen LogP contribution in [0, 0.1) is 6.92 Å². The molecule has 3 rings (SSSR count). The molecular formula is C24H24BrNO3S. The van der Waals surface area contributed by atoms with E-state index in [9.17, 15) is 9.59 Å². The Morgan fingerprint density at radius 1 is 1.17 bits per heavy atom. The van der Waals surface area contributed by atoms with Gasteiger partial charge in [-0.3, -0.25) is 14.5 Å². The minimum Gasteiger partial charge on any atom is -0.491 e. The van der Waals surface area contributed by atoms with Crippen LogP contribution in [0.2, 0.25) is 0 Å². The molecule has 0 saturated carbocycles. The molecule has 0 aromatic heterocycles. The summed E-state index contributed by atoms with van der Waals surface area (Å²) < 4.78 is 6.67. The summed E-state index contributed by atoms with van der Waals surface area (Å²) >= 11 is 4.42. The van der Waals surface area contributed by atoms with Gasteiger partial charge in [0, 0.05) is 4.48 Å².